The minimum atomic E-state index is -0.503. The number of rotatable bonds is 5. The number of carbonyl (C=O) groups excluding carboxylic acids is 1. The van der Waals surface area contributed by atoms with E-state index in [-0.39, 0.29) is 12.2 Å². The summed E-state index contributed by atoms with van der Waals surface area (Å²) in [7, 11) is 0. The van der Waals surface area contributed by atoms with Crippen LogP contribution in [0.4, 0.5) is 0 Å². The van der Waals surface area contributed by atoms with Crippen molar-refractivity contribution < 1.29 is 9.63 Å². The molecule has 7 heteroatoms. The molecular formula is C19H18N4O3. The van der Waals surface area contributed by atoms with Crippen molar-refractivity contribution >= 4 is 22.5 Å². The predicted octanol–water partition coefficient (Wildman–Crippen LogP) is 2.22. The Morgan fingerprint density at radius 2 is 1.85 bits per heavy atom. The van der Waals surface area contributed by atoms with Crippen molar-refractivity contribution in [3.8, 4) is 0 Å². The molecule has 132 valence electrons. The van der Waals surface area contributed by atoms with Crippen molar-refractivity contribution in [2.24, 2.45) is 5.16 Å². The molecule has 1 amide bonds. The number of fused-ring (bicyclic) bond motifs is 1. The van der Waals surface area contributed by atoms with E-state index in [4.69, 9.17) is 4.84 Å². The van der Waals surface area contributed by atoms with Crippen molar-refractivity contribution in [1.82, 2.24) is 9.66 Å². The van der Waals surface area contributed by atoms with Crippen LogP contribution < -0.4 is 11.0 Å². The number of carbonyl (C=O) groups is 1. The zero-order valence-corrected chi connectivity index (χ0v) is 14.5. The zero-order valence-electron chi connectivity index (χ0n) is 14.5. The van der Waals surface area contributed by atoms with E-state index in [0.717, 1.165) is 10.2 Å². The van der Waals surface area contributed by atoms with E-state index in [9.17, 15) is 9.59 Å². The number of aromatic nitrogens is 2. The second-order valence-electron chi connectivity index (χ2n) is 5.67. The van der Waals surface area contributed by atoms with Crippen LogP contribution in [0.5, 0.6) is 0 Å². The summed E-state index contributed by atoms with van der Waals surface area (Å²) in [5, 5.41) is 4.35. The van der Waals surface area contributed by atoms with Gasteiger partial charge in [0.15, 0.2) is 6.61 Å². The summed E-state index contributed by atoms with van der Waals surface area (Å²) in [5.41, 5.74) is 4.29. The summed E-state index contributed by atoms with van der Waals surface area (Å²) in [4.78, 5) is 34.0. The second-order valence-corrected chi connectivity index (χ2v) is 5.67. The maximum Gasteiger partial charge on any atom is 0.280 e. The Morgan fingerprint density at radius 3 is 2.62 bits per heavy atom. The van der Waals surface area contributed by atoms with Crippen molar-refractivity contribution in [2.75, 3.05) is 12.0 Å². The molecule has 0 spiro atoms. The van der Waals surface area contributed by atoms with Crippen LogP contribution in [-0.4, -0.2) is 27.9 Å². The van der Waals surface area contributed by atoms with Gasteiger partial charge in [-0.3, -0.25) is 15.0 Å². The van der Waals surface area contributed by atoms with Crippen LogP contribution in [0.25, 0.3) is 10.9 Å². The van der Waals surface area contributed by atoms with E-state index in [0.29, 0.717) is 22.4 Å². The van der Waals surface area contributed by atoms with Crippen LogP contribution in [0.3, 0.4) is 0 Å². The smallest absolute Gasteiger partial charge is 0.280 e. The second kappa shape index (κ2) is 7.60. The van der Waals surface area contributed by atoms with Gasteiger partial charge in [0.1, 0.15) is 5.82 Å². The molecule has 1 aromatic heterocycles. The SMILES string of the molecule is C/C(=N\OCC(=O)Nn1c(C)nc2ccccc2c1=O)c1ccccc1. The lowest BCUT2D eigenvalue weighted by Crippen LogP contribution is -2.37. The largest absolute Gasteiger partial charge is 0.385 e. The lowest BCUT2D eigenvalue weighted by Gasteiger charge is -2.11. The summed E-state index contributed by atoms with van der Waals surface area (Å²) in [6.45, 7) is 3.12. The van der Waals surface area contributed by atoms with Crippen LogP contribution in [-0.2, 0) is 9.63 Å². The molecule has 1 N–H and O–H groups in total. The van der Waals surface area contributed by atoms with Crippen LogP contribution in [0.2, 0.25) is 0 Å². The number of hydrogen-bond donors (Lipinski definition) is 1. The monoisotopic (exact) mass is 350 g/mol. The molecule has 26 heavy (non-hydrogen) atoms. The fourth-order valence-corrected chi connectivity index (χ4v) is 2.45. The maximum absolute atomic E-state index is 12.5. The van der Waals surface area contributed by atoms with Gasteiger partial charge in [0.05, 0.1) is 16.6 Å². The predicted molar refractivity (Wildman–Crippen MR) is 99.7 cm³/mol. The van der Waals surface area contributed by atoms with Gasteiger partial charge >= 0.3 is 0 Å². The molecule has 1 heterocycles. The fourth-order valence-electron chi connectivity index (χ4n) is 2.45. The highest BCUT2D eigenvalue weighted by atomic mass is 16.6. The first-order valence-electron chi connectivity index (χ1n) is 8.06. The minimum Gasteiger partial charge on any atom is -0.385 e. The Bertz CT molecular complexity index is 1030. The van der Waals surface area contributed by atoms with Gasteiger partial charge in [0.25, 0.3) is 11.5 Å². The maximum atomic E-state index is 12.5. The van der Waals surface area contributed by atoms with E-state index in [2.05, 4.69) is 15.6 Å². The molecule has 0 aliphatic carbocycles. The zero-order chi connectivity index (χ0) is 18.5. The first kappa shape index (κ1) is 17.3. The molecule has 3 aromatic rings. The number of nitrogens with one attached hydrogen (secondary N) is 1. The molecule has 0 saturated heterocycles. The highest BCUT2D eigenvalue weighted by Crippen LogP contribution is 2.06. The number of benzene rings is 2. The molecular weight excluding hydrogens is 332 g/mol. The summed E-state index contributed by atoms with van der Waals surface area (Å²) < 4.78 is 1.11. The van der Waals surface area contributed by atoms with Gasteiger partial charge in [-0.15, -0.1) is 0 Å². The summed E-state index contributed by atoms with van der Waals surface area (Å²) in [6.07, 6.45) is 0. The molecule has 0 atom stereocenters. The van der Waals surface area contributed by atoms with Crippen LogP contribution in [0, 0.1) is 6.92 Å². The van der Waals surface area contributed by atoms with Gasteiger partial charge in [-0.2, -0.15) is 0 Å². The van der Waals surface area contributed by atoms with Gasteiger partial charge < -0.3 is 4.84 Å². The third-order valence-corrected chi connectivity index (χ3v) is 3.77. The lowest BCUT2D eigenvalue weighted by molar-refractivity contribution is -0.121. The number of hydrogen-bond acceptors (Lipinski definition) is 5. The normalized spacial score (nSPS) is 11.4. The molecule has 7 nitrogen and oxygen atoms in total. The first-order chi connectivity index (χ1) is 12.6. The molecule has 3 rings (SSSR count). The molecule has 0 saturated carbocycles. The summed E-state index contributed by atoms with van der Waals surface area (Å²) in [5.74, 6) is -0.122. The van der Waals surface area contributed by atoms with Gasteiger partial charge in [-0.25, -0.2) is 9.66 Å². The standard InChI is InChI=1S/C19H18N4O3/c1-13(15-8-4-3-5-9-15)22-26-12-18(24)21-23-14(2)20-17-11-7-6-10-16(17)19(23)25/h3-11H,12H2,1-2H3,(H,21,24)/b22-13+. The average Bonchev–Trinajstić information content (AvgIpc) is 2.66. The highest BCUT2D eigenvalue weighted by molar-refractivity contribution is 5.98. The molecule has 0 bridgehead atoms. The quantitative estimate of drug-likeness (QED) is 0.565. The molecule has 2 aromatic carbocycles. The van der Waals surface area contributed by atoms with Crippen molar-refractivity contribution in [1.29, 1.82) is 0 Å². The lowest BCUT2D eigenvalue weighted by atomic mass is 10.1. The summed E-state index contributed by atoms with van der Waals surface area (Å²) in [6, 6.07) is 16.4. The average molecular weight is 350 g/mol. The highest BCUT2D eigenvalue weighted by Gasteiger charge is 2.11. The van der Waals surface area contributed by atoms with Crippen LogP contribution in [0.1, 0.15) is 18.3 Å². The van der Waals surface area contributed by atoms with Gasteiger partial charge in [-0.1, -0.05) is 47.6 Å². The molecule has 0 aliphatic heterocycles. The molecule has 0 radical (unpaired) electrons. The van der Waals surface area contributed by atoms with Crippen LogP contribution in [0.15, 0.2) is 64.5 Å². The topological polar surface area (TPSA) is 85.6 Å². The molecule has 0 aliphatic rings. The number of oxime groups is 1. The number of nitrogens with zero attached hydrogens (tertiary/aromatic N) is 3. The Kier molecular flexibility index (Phi) is 5.07. The Balaban J connectivity index is 1.69. The third kappa shape index (κ3) is 3.77. The number of amides is 1. The van der Waals surface area contributed by atoms with Crippen LogP contribution >= 0.6 is 0 Å². The van der Waals surface area contributed by atoms with Crippen molar-refractivity contribution in [3.05, 3.63) is 76.3 Å². The van der Waals surface area contributed by atoms with E-state index in [1.807, 2.05) is 30.3 Å². The summed E-state index contributed by atoms with van der Waals surface area (Å²) >= 11 is 0. The Hall–Kier alpha value is -3.48. The Labute approximate surface area is 149 Å². The van der Waals surface area contributed by atoms with E-state index in [1.54, 1.807) is 38.1 Å². The van der Waals surface area contributed by atoms with E-state index < -0.39 is 5.91 Å². The third-order valence-electron chi connectivity index (χ3n) is 3.77. The first-order valence-corrected chi connectivity index (χ1v) is 8.06. The Morgan fingerprint density at radius 1 is 1.15 bits per heavy atom. The van der Waals surface area contributed by atoms with Crippen molar-refractivity contribution in [3.63, 3.8) is 0 Å². The van der Waals surface area contributed by atoms with E-state index in [1.165, 1.54) is 0 Å². The molecule has 0 fully saturated rings. The number of para-hydroxylation sites is 1. The fraction of sp³-hybridized carbons (Fsp3) is 0.158. The van der Waals surface area contributed by atoms with Gasteiger partial charge in [-0.05, 0) is 31.5 Å². The minimum absolute atomic E-state index is 0.317. The molecule has 0 unspecified atom stereocenters. The van der Waals surface area contributed by atoms with Gasteiger partial charge in [0.2, 0.25) is 0 Å². The number of aryl methyl sites for hydroxylation is 1. The van der Waals surface area contributed by atoms with E-state index >= 15 is 0 Å². The van der Waals surface area contributed by atoms with Crippen molar-refractivity contribution in [2.45, 2.75) is 13.8 Å². The van der Waals surface area contributed by atoms with Gasteiger partial charge in [0, 0.05) is 0 Å².